The zero-order valence-electron chi connectivity index (χ0n) is 15.7. The van der Waals surface area contributed by atoms with Gasteiger partial charge in [0.25, 0.3) is 5.91 Å². The summed E-state index contributed by atoms with van der Waals surface area (Å²) >= 11 is 5.94. The average Bonchev–Trinajstić information content (AvgIpc) is 2.67. The summed E-state index contributed by atoms with van der Waals surface area (Å²) in [6.07, 6.45) is 0. The first-order valence-electron chi connectivity index (χ1n) is 8.75. The summed E-state index contributed by atoms with van der Waals surface area (Å²) in [5, 5.41) is 3.21. The normalized spacial score (nSPS) is 16.0. The number of hydrogen-bond donors (Lipinski definition) is 1. The number of rotatable bonds is 5. The van der Waals surface area contributed by atoms with Crippen LogP contribution in [0.5, 0.6) is 5.75 Å². The highest BCUT2D eigenvalue weighted by Crippen LogP contribution is 2.29. The molecule has 1 amide bonds. The maximum atomic E-state index is 13.1. The minimum absolute atomic E-state index is 0.0155. The molecular weight excluding hydrogens is 402 g/mol. The second-order valence-electron chi connectivity index (χ2n) is 6.54. The Morgan fingerprint density at radius 3 is 2.46 bits per heavy atom. The standard InChI is InChI=1S/C19H22ClN3O4S/c1-22-8-10-23(11-9-22)28(25,26)18-12-14(6-7-17(18)27-2)19(24)21-16-5-3-4-15(20)13-16/h3-7,12-13H,8-11H2,1-2H3,(H,21,24). The Morgan fingerprint density at radius 1 is 1.11 bits per heavy atom. The lowest BCUT2D eigenvalue weighted by atomic mass is 10.2. The number of halogens is 1. The number of sulfonamides is 1. The van der Waals surface area contributed by atoms with E-state index in [2.05, 4.69) is 10.2 Å². The molecule has 7 nitrogen and oxygen atoms in total. The van der Waals surface area contributed by atoms with E-state index in [1.165, 1.54) is 29.6 Å². The second-order valence-corrected chi connectivity index (χ2v) is 8.88. The number of carbonyl (C=O) groups is 1. The molecule has 0 radical (unpaired) electrons. The van der Waals surface area contributed by atoms with Crippen LogP contribution in [0, 0.1) is 0 Å². The van der Waals surface area contributed by atoms with Crippen LogP contribution >= 0.6 is 11.6 Å². The fourth-order valence-electron chi connectivity index (χ4n) is 2.96. The van der Waals surface area contributed by atoms with Crippen LogP contribution in [0.4, 0.5) is 5.69 Å². The summed E-state index contributed by atoms with van der Waals surface area (Å²) in [5.41, 5.74) is 0.741. The van der Waals surface area contributed by atoms with Gasteiger partial charge in [0.05, 0.1) is 7.11 Å². The van der Waals surface area contributed by atoms with Crippen LogP contribution < -0.4 is 10.1 Å². The van der Waals surface area contributed by atoms with Crippen molar-refractivity contribution < 1.29 is 17.9 Å². The fraction of sp³-hybridized carbons (Fsp3) is 0.316. The fourth-order valence-corrected chi connectivity index (χ4v) is 4.75. The Morgan fingerprint density at radius 2 is 1.82 bits per heavy atom. The molecule has 2 aromatic rings. The van der Waals surface area contributed by atoms with E-state index in [1.54, 1.807) is 24.3 Å². The van der Waals surface area contributed by atoms with Crippen LogP contribution in [-0.2, 0) is 10.0 Å². The molecule has 3 rings (SSSR count). The number of amides is 1. The van der Waals surface area contributed by atoms with E-state index in [9.17, 15) is 13.2 Å². The third kappa shape index (κ3) is 4.47. The zero-order chi connectivity index (χ0) is 20.3. The van der Waals surface area contributed by atoms with Gasteiger partial charge in [-0.15, -0.1) is 0 Å². The summed E-state index contributed by atoms with van der Waals surface area (Å²) in [4.78, 5) is 14.7. The van der Waals surface area contributed by atoms with Crippen molar-refractivity contribution in [3.63, 3.8) is 0 Å². The number of benzene rings is 2. The molecule has 1 saturated heterocycles. The van der Waals surface area contributed by atoms with Gasteiger partial charge in [-0.1, -0.05) is 17.7 Å². The molecule has 0 aromatic heterocycles. The molecule has 1 heterocycles. The van der Waals surface area contributed by atoms with E-state index in [-0.39, 0.29) is 16.2 Å². The van der Waals surface area contributed by atoms with Crippen molar-refractivity contribution in [2.75, 3.05) is 45.7 Å². The zero-order valence-corrected chi connectivity index (χ0v) is 17.3. The number of anilines is 1. The van der Waals surface area contributed by atoms with Gasteiger partial charge in [0.15, 0.2) is 0 Å². The number of nitrogens with zero attached hydrogens (tertiary/aromatic N) is 2. The van der Waals surface area contributed by atoms with E-state index in [0.717, 1.165) is 0 Å². The summed E-state index contributed by atoms with van der Waals surface area (Å²) in [7, 11) is -0.427. The molecule has 28 heavy (non-hydrogen) atoms. The van der Waals surface area contributed by atoms with Crippen molar-refractivity contribution in [3.05, 3.63) is 53.1 Å². The largest absolute Gasteiger partial charge is 0.495 e. The summed E-state index contributed by atoms with van der Waals surface area (Å²) in [6.45, 7) is 2.08. The molecule has 1 N–H and O–H groups in total. The number of ether oxygens (including phenoxy) is 1. The van der Waals surface area contributed by atoms with Gasteiger partial charge >= 0.3 is 0 Å². The van der Waals surface area contributed by atoms with Gasteiger partial charge in [-0.2, -0.15) is 4.31 Å². The molecule has 1 aliphatic rings. The Bertz CT molecular complexity index is 973. The molecule has 9 heteroatoms. The smallest absolute Gasteiger partial charge is 0.255 e. The first kappa shape index (κ1) is 20.6. The van der Waals surface area contributed by atoms with Crippen molar-refractivity contribution in [1.29, 1.82) is 0 Å². The van der Waals surface area contributed by atoms with E-state index in [4.69, 9.17) is 16.3 Å². The van der Waals surface area contributed by atoms with Crippen LogP contribution in [0.25, 0.3) is 0 Å². The van der Waals surface area contributed by atoms with Crippen molar-refractivity contribution in [2.24, 2.45) is 0 Å². The lowest BCUT2D eigenvalue weighted by Crippen LogP contribution is -2.47. The Balaban J connectivity index is 1.90. The molecule has 1 aliphatic heterocycles. The van der Waals surface area contributed by atoms with E-state index >= 15 is 0 Å². The molecular formula is C19H22ClN3O4S. The van der Waals surface area contributed by atoms with Gasteiger partial charge in [-0.25, -0.2) is 8.42 Å². The van der Waals surface area contributed by atoms with E-state index in [0.29, 0.717) is 36.9 Å². The second kappa shape index (κ2) is 8.48. The van der Waals surface area contributed by atoms with E-state index in [1.807, 2.05) is 7.05 Å². The van der Waals surface area contributed by atoms with Gasteiger partial charge in [-0.05, 0) is 43.4 Å². The van der Waals surface area contributed by atoms with E-state index < -0.39 is 15.9 Å². The number of carbonyl (C=O) groups excluding carboxylic acids is 1. The molecule has 0 atom stereocenters. The van der Waals surface area contributed by atoms with Crippen LogP contribution in [0.3, 0.4) is 0 Å². The van der Waals surface area contributed by atoms with Crippen LogP contribution in [-0.4, -0.2) is 63.9 Å². The third-order valence-corrected chi connectivity index (χ3v) is 6.74. The maximum absolute atomic E-state index is 13.1. The molecule has 150 valence electrons. The van der Waals surface area contributed by atoms with Crippen molar-refractivity contribution in [3.8, 4) is 5.75 Å². The quantitative estimate of drug-likeness (QED) is 0.799. The predicted molar refractivity (Wildman–Crippen MR) is 109 cm³/mol. The van der Waals surface area contributed by atoms with Gasteiger partial charge in [-0.3, -0.25) is 4.79 Å². The number of nitrogens with one attached hydrogen (secondary N) is 1. The lowest BCUT2D eigenvalue weighted by Gasteiger charge is -2.31. The highest BCUT2D eigenvalue weighted by Gasteiger charge is 2.30. The lowest BCUT2D eigenvalue weighted by molar-refractivity contribution is 0.102. The number of likely N-dealkylation sites (N-methyl/N-ethyl adjacent to an activating group) is 1. The van der Waals surface area contributed by atoms with Crippen molar-refractivity contribution in [1.82, 2.24) is 9.21 Å². The van der Waals surface area contributed by atoms with Gasteiger partial charge in [0.2, 0.25) is 10.0 Å². The summed E-state index contributed by atoms with van der Waals surface area (Å²) in [5.74, 6) is -0.224. The molecule has 0 bridgehead atoms. The van der Waals surface area contributed by atoms with Gasteiger partial charge < -0.3 is 15.0 Å². The molecule has 2 aromatic carbocycles. The van der Waals surface area contributed by atoms with Crippen LogP contribution in [0.15, 0.2) is 47.4 Å². The summed E-state index contributed by atoms with van der Waals surface area (Å²) in [6, 6.07) is 11.1. The van der Waals surface area contributed by atoms with Crippen LogP contribution in [0.1, 0.15) is 10.4 Å². The van der Waals surface area contributed by atoms with Crippen molar-refractivity contribution in [2.45, 2.75) is 4.90 Å². The highest BCUT2D eigenvalue weighted by atomic mass is 35.5. The third-order valence-electron chi connectivity index (χ3n) is 4.59. The highest BCUT2D eigenvalue weighted by molar-refractivity contribution is 7.89. The van der Waals surface area contributed by atoms with Crippen LogP contribution in [0.2, 0.25) is 5.02 Å². The SMILES string of the molecule is COc1ccc(C(=O)Nc2cccc(Cl)c2)cc1S(=O)(=O)N1CCN(C)CC1. The predicted octanol–water partition coefficient (Wildman–Crippen LogP) is 2.54. The summed E-state index contributed by atoms with van der Waals surface area (Å²) < 4.78 is 32.9. The monoisotopic (exact) mass is 423 g/mol. The number of piperazine rings is 1. The first-order valence-corrected chi connectivity index (χ1v) is 10.6. The molecule has 0 unspecified atom stereocenters. The van der Waals surface area contributed by atoms with Gasteiger partial charge in [0.1, 0.15) is 10.6 Å². The minimum atomic E-state index is -3.78. The van der Waals surface area contributed by atoms with Crippen molar-refractivity contribution >= 4 is 33.2 Å². The first-order chi connectivity index (χ1) is 13.3. The number of methoxy groups -OCH3 is 1. The molecule has 0 saturated carbocycles. The number of hydrogen-bond acceptors (Lipinski definition) is 5. The maximum Gasteiger partial charge on any atom is 0.255 e. The Kier molecular flexibility index (Phi) is 6.24. The molecule has 0 aliphatic carbocycles. The Labute approximate surface area is 169 Å². The van der Waals surface area contributed by atoms with Gasteiger partial charge in [0, 0.05) is 42.5 Å². The topological polar surface area (TPSA) is 78.9 Å². The minimum Gasteiger partial charge on any atom is -0.495 e. The Hall–Kier alpha value is -2.13. The average molecular weight is 424 g/mol. The molecule has 1 fully saturated rings. The molecule has 0 spiro atoms.